The summed E-state index contributed by atoms with van der Waals surface area (Å²) in [6.45, 7) is 0. The maximum Gasteiger partial charge on any atom is 0.255 e. The lowest BCUT2D eigenvalue weighted by Crippen LogP contribution is -2.11. The van der Waals surface area contributed by atoms with Crippen LogP contribution in [0.2, 0.25) is 0 Å². The zero-order valence-corrected chi connectivity index (χ0v) is 15.1. The average Bonchev–Trinajstić information content (AvgIpc) is 2.74. The van der Waals surface area contributed by atoms with Crippen LogP contribution in [0, 0.1) is 0 Å². The second-order valence-electron chi connectivity index (χ2n) is 6.21. The maximum absolute atomic E-state index is 12.5. The van der Waals surface area contributed by atoms with Gasteiger partial charge in [0, 0.05) is 23.4 Å². The van der Waals surface area contributed by atoms with Gasteiger partial charge in [-0.3, -0.25) is 9.59 Å². The van der Waals surface area contributed by atoms with Crippen LogP contribution >= 0.6 is 0 Å². The molecule has 0 radical (unpaired) electrons. The van der Waals surface area contributed by atoms with Gasteiger partial charge in [0.25, 0.3) is 5.91 Å². The highest BCUT2D eigenvalue weighted by Gasteiger charge is 2.12. The fraction of sp³-hybridized carbons (Fsp3) is 0.0435. The van der Waals surface area contributed by atoms with E-state index in [1.54, 1.807) is 55.6 Å². The number of fused-ring (bicyclic) bond motifs is 1. The first-order chi connectivity index (χ1) is 13.7. The third-order valence-electron chi connectivity index (χ3n) is 4.40. The normalized spacial score (nSPS) is 10.6. The summed E-state index contributed by atoms with van der Waals surface area (Å²) in [5, 5.41) is 3.27. The molecule has 0 aliphatic heterocycles. The quantitative estimate of drug-likeness (QED) is 0.563. The van der Waals surface area contributed by atoms with E-state index in [1.165, 1.54) is 6.07 Å². The summed E-state index contributed by atoms with van der Waals surface area (Å²) in [5.74, 6) is 0.781. The van der Waals surface area contributed by atoms with Gasteiger partial charge in [0.15, 0.2) is 5.43 Å². The van der Waals surface area contributed by atoms with Crippen LogP contribution in [0.4, 0.5) is 5.69 Å². The van der Waals surface area contributed by atoms with Gasteiger partial charge in [-0.15, -0.1) is 0 Å². The van der Waals surface area contributed by atoms with E-state index in [-0.39, 0.29) is 11.3 Å². The molecule has 0 spiro atoms. The van der Waals surface area contributed by atoms with Gasteiger partial charge >= 0.3 is 0 Å². The minimum Gasteiger partial charge on any atom is -0.496 e. The highest BCUT2D eigenvalue weighted by atomic mass is 16.5. The molecule has 0 unspecified atom stereocenters. The van der Waals surface area contributed by atoms with Gasteiger partial charge in [0.2, 0.25) is 0 Å². The Labute approximate surface area is 161 Å². The van der Waals surface area contributed by atoms with Crippen molar-refractivity contribution in [2.45, 2.75) is 0 Å². The number of hydrogen-bond acceptors (Lipinski definition) is 4. The number of amides is 1. The molecule has 0 aliphatic carbocycles. The predicted molar refractivity (Wildman–Crippen MR) is 109 cm³/mol. The molecule has 1 heterocycles. The van der Waals surface area contributed by atoms with Crippen molar-refractivity contribution in [2.75, 3.05) is 12.4 Å². The van der Waals surface area contributed by atoms with Crippen molar-refractivity contribution < 1.29 is 13.9 Å². The Morgan fingerprint density at radius 3 is 2.46 bits per heavy atom. The van der Waals surface area contributed by atoms with Crippen LogP contribution in [0.25, 0.3) is 22.3 Å². The Morgan fingerprint density at radius 2 is 1.68 bits per heavy atom. The average molecular weight is 371 g/mol. The van der Waals surface area contributed by atoms with E-state index >= 15 is 0 Å². The number of ether oxygens (including phenoxy) is 1. The first-order valence-corrected chi connectivity index (χ1v) is 8.73. The fourth-order valence-corrected chi connectivity index (χ4v) is 3.01. The van der Waals surface area contributed by atoms with Gasteiger partial charge < -0.3 is 14.5 Å². The van der Waals surface area contributed by atoms with Gasteiger partial charge in [-0.2, -0.15) is 0 Å². The Bertz CT molecular complexity index is 1210. The summed E-state index contributed by atoms with van der Waals surface area (Å²) < 4.78 is 11.3. The van der Waals surface area contributed by atoms with E-state index in [9.17, 15) is 9.59 Å². The van der Waals surface area contributed by atoms with Crippen LogP contribution in [0.5, 0.6) is 5.75 Å². The van der Waals surface area contributed by atoms with Crippen LogP contribution < -0.4 is 15.5 Å². The van der Waals surface area contributed by atoms with Gasteiger partial charge in [-0.1, -0.05) is 30.3 Å². The lowest BCUT2D eigenvalue weighted by molar-refractivity contribution is 0.102. The van der Waals surface area contributed by atoms with Crippen molar-refractivity contribution in [2.24, 2.45) is 0 Å². The Morgan fingerprint density at radius 1 is 0.929 bits per heavy atom. The number of rotatable bonds is 4. The highest BCUT2D eigenvalue weighted by molar-refractivity contribution is 6.05. The number of hydrogen-bond donors (Lipinski definition) is 1. The standard InChI is InChI=1S/C23H17NO4/c1-27-20-10-6-5-9-18(20)22-14-19(25)17-12-11-16(13-21(17)28-22)24-23(26)15-7-3-2-4-8-15/h2-14H,1H3,(H,24,26). The van der Waals surface area contributed by atoms with E-state index in [4.69, 9.17) is 9.15 Å². The smallest absolute Gasteiger partial charge is 0.255 e. The SMILES string of the molecule is COc1ccccc1-c1cc(=O)c2ccc(NC(=O)c3ccccc3)cc2o1. The lowest BCUT2D eigenvalue weighted by atomic mass is 10.1. The van der Waals surface area contributed by atoms with Crippen LogP contribution in [0.15, 0.2) is 88.1 Å². The van der Waals surface area contributed by atoms with E-state index in [0.29, 0.717) is 39.3 Å². The summed E-state index contributed by atoms with van der Waals surface area (Å²) in [6, 6.07) is 22.7. The molecule has 1 amide bonds. The second-order valence-corrected chi connectivity index (χ2v) is 6.21. The van der Waals surface area contributed by atoms with Crippen LogP contribution in [-0.4, -0.2) is 13.0 Å². The van der Waals surface area contributed by atoms with Crippen molar-refractivity contribution >= 4 is 22.6 Å². The minimum absolute atomic E-state index is 0.164. The van der Waals surface area contributed by atoms with Crippen molar-refractivity contribution in [1.29, 1.82) is 0 Å². The molecule has 0 saturated heterocycles. The minimum atomic E-state index is -0.233. The molecule has 0 bridgehead atoms. The van der Waals surface area contributed by atoms with Gasteiger partial charge in [0.05, 0.1) is 18.1 Å². The molecule has 0 aliphatic rings. The zero-order chi connectivity index (χ0) is 19.5. The number of carbonyl (C=O) groups is 1. The Balaban J connectivity index is 1.74. The third-order valence-corrected chi connectivity index (χ3v) is 4.40. The molecule has 0 fully saturated rings. The second kappa shape index (κ2) is 7.40. The summed E-state index contributed by atoms with van der Waals surface area (Å²) in [6.07, 6.45) is 0. The predicted octanol–water partition coefficient (Wildman–Crippen LogP) is 4.72. The van der Waals surface area contributed by atoms with Crippen LogP contribution in [-0.2, 0) is 0 Å². The van der Waals surface area contributed by atoms with Crippen molar-refractivity contribution in [3.63, 3.8) is 0 Å². The summed E-state index contributed by atoms with van der Waals surface area (Å²) in [4.78, 5) is 24.9. The fourth-order valence-electron chi connectivity index (χ4n) is 3.01. The van der Waals surface area contributed by atoms with Crippen molar-refractivity contribution in [3.8, 4) is 17.1 Å². The van der Waals surface area contributed by atoms with E-state index in [0.717, 1.165) is 0 Å². The molecule has 4 aromatic rings. The van der Waals surface area contributed by atoms with E-state index in [2.05, 4.69) is 5.32 Å². The number of methoxy groups -OCH3 is 1. The monoisotopic (exact) mass is 371 g/mol. The molecule has 1 aromatic heterocycles. The number of anilines is 1. The molecule has 5 heteroatoms. The molecular formula is C23H17NO4. The van der Waals surface area contributed by atoms with E-state index in [1.807, 2.05) is 24.3 Å². The molecule has 5 nitrogen and oxygen atoms in total. The highest BCUT2D eigenvalue weighted by Crippen LogP contribution is 2.31. The number of benzene rings is 3. The molecule has 138 valence electrons. The number of para-hydroxylation sites is 1. The molecule has 1 N–H and O–H groups in total. The van der Waals surface area contributed by atoms with Crippen molar-refractivity contribution in [3.05, 3.63) is 94.6 Å². The van der Waals surface area contributed by atoms with Gasteiger partial charge in [-0.05, 0) is 36.4 Å². The molecule has 0 atom stereocenters. The first kappa shape index (κ1) is 17.5. The number of carbonyl (C=O) groups excluding carboxylic acids is 1. The third kappa shape index (κ3) is 3.38. The van der Waals surface area contributed by atoms with E-state index < -0.39 is 0 Å². The maximum atomic E-state index is 12.5. The number of nitrogens with one attached hydrogen (secondary N) is 1. The largest absolute Gasteiger partial charge is 0.496 e. The molecule has 3 aromatic carbocycles. The Kier molecular flexibility index (Phi) is 4.64. The van der Waals surface area contributed by atoms with Crippen molar-refractivity contribution in [1.82, 2.24) is 0 Å². The Hall–Kier alpha value is -3.86. The molecule has 4 rings (SSSR count). The molecule has 0 saturated carbocycles. The van der Waals surface area contributed by atoms with Gasteiger partial charge in [0.1, 0.15) is 17.1 Å². The summed E-state index contributed by atoms with van der Waals surface area (Å²) in [7, 11) is 1.56. The molecule has 28 heavy (non-hydrogen) atoms. The summed E-state index contributed by atoms with van der Waals surface area (Å²) >= 11 is 0. The first-order valence-electron chi connectivity index (χ1n) is 8.73. The van der Waals surface area contributed by atoms with Gasteiger partial charge in [-0.25, -0.2) is 0 Å². The summed E-state index contributed by atoms with van der Waals surface area (Å²) in [5.41, 5.74) is 2.00. The molecular weight excluding hydrogens is 354 g/mol. The zero-order valence-electron chi connectivity index (χ0n) is 15.1. The van der Waals surface area contributed by atoms with Crippen LogP contribution in [0.1, 0.15) is 10.4 Å². The lowest BCUT2D eigenvalue weighted by Gasteiger charge is -2.09. The topological polar surface area (TPSA) is 68.5 Å². The van der Waals surface area contributed by atoms with Crippen LogP contribution in [0.3, 0.4) is 0 Å².